The van der Waals surface area contributed by atoms with E-state index in [0.29, 0.717) is 46.8 Å². The van der Waals surface area contributed by atoms with Crippen molar-refractivity contribution in [1.82, 2.24) is 19.7 Å². The van der Waals surface area contributed by atoms with Gasteiger partial charge >= 0.3 is 0 Å². The molecule has 29 heavy (non-hydrogen) atoms. The molecule has 2 heterocycles. The molecule has 0 saturated heterocycles. The molecule has 0 aliphatic rings. The standard InChI is InChI=1S/C19H21N5O3S2/c1-4-9-24-16(22-23-19(24)28)15-12(2)20-18(29-15)21-17(25)13-7-5-6-8-14(13)27-11-10-26-3/h4-8H,1,9-11H2,2-3H3,(H,23,28)(H,20,21,25). The molecule has 3 rings (SSSR count). The number of para-hydroxylation sites is 1. The summed E-state index contributed by atoms with van der Waals surface area (Å²) in [5.74, 6) is 0.847. The number of allylic oxidation sites excluding steroid dienone is 1. The number of amides is 1. The predicted octanol–water partition coefficient (Wildman–Crippen LogP) is 3.84. The molecule has 0 aliphatic carbocycles. The smallest absolute Gasteiger partial charge is 0.261 e. The maximum absolute atomic E-state index is 12.8. The number of methoxy groups -OCH3 is 1. The van der Waals surface area contributed by atoms with Gasteiger partial charge in [0.05, 0.1) is 22.7 Å². The van der Waals surface area contributed by atoms with Crippen LogP contribution in [0.3, 0.4) is 0 Å². The Labute approximate surface area is 177 Å². The fraction of sp³-hybridized carbons (Fsp3) is 0.263. The largest absolute Gasteiger partial charge is 0.490 e. The van der Waals surface area contributed by atoms with E-state index in [0.717, 1.165) is 10.6 Å². The molecule has 3 aromatic rings. The summed E-state index contributed by atoms with van der Waals surface area (Å²) < 4.78 is 13.0. The normalized spacial score (nSPS) is 10.7. The topological polar surface area (TPSA) is 94.1 Å². The van der Waals surface area contributed by atoms with Gasteiger partial charge in [-0.3, -0.25) is 19.8 Å². The monoisotopic (exact) mass is 431 g/mol. The zero-order chi connectivity index (χ0) is 20.8. The molecule has 1 aromatic carbocycles. The van der Waals surface area contributed by atoms with Crippen LogP contribution in [-0.2, 0) is 11.3 Å². The minimum Gasteiger partial charge on any atom is -0.490 e. The molecule has 10 heteroatoms. The second kappa shape index (κ2) is 9.59. The van der Waals surface area contributed by atoms with Gasteiger partial charge in [-0.1, -0.05) is 29.5 Å². The summed E-state index contributed by atoms with van der Waals surface area (Å²) in [6, 6.07) is 7.04. The number of H-pyrrole nitrogens is 1. The third-order valence-corrected chi connectivity index (χ3v) is 5.35. The number of hydrogen-bond acceptors (Lipinski definition) is 7. The van der Waals surface area contributed by atoms with E-state index >= 15 is 0 Å². The van der Waals surface area contributed by atoms with Crippen LogP contribution >= 0.6 is 23.6 Å². The van der Waals surface area contributed by atoms with Crippen molar-refractivity contribution in [3.8, 4) is 16.5 Å². The highest BCUT2D eigenvalue weighted by atomic mass is 32.1. The summed E-state index contributed by atoms with van der Waals surface area (Å²) in [4.78, 5) is 18.1. The van der Waals surface area contributed by atoms with Crippen LogP contribution < -0.4 is 10.1 Å². The number of carbonyl (C=O) groups excluding carboxylic acids is 1. The van der Waals surface area contributed by atoms with Gasteiger partial charge in [-0.2, -0.15) is 5.10 Å². The minimum absolute atomic E-state index is 0.303. The highest BCUT2D eigenvalue weighted by molar-refractivity contribution is 7.71. The van der Waals surface area contributed by atoms with Crippen LogP contribution in [0.5, 0.6) is 5.75 Å². The molecule has 0 fully saturated rings. The molecular weight excluding hydrogens is 410 g/mol. The lowest BCUT2D eigenvalue weighted by Crippen LogP contribution is -2.14. The van der Waals surface area contributed by atoms with E-state index in [9.17, 15) is 4.79 Å². The number of benzene rings is 1. The van der Waals surface area contributed by atoms with Crippen molar-refractivity contribution in [2.75, 3.05) is 25.6 Å². The number of thiazole rings is 1. The van der Waals surface area contributed by atoms with E-state index in [4.69, 9.17) is 21.7 Å². The van der Waals surface area contributed by atoms with Gasteiger partial charge < -0.3 is 9.47 Å². The SMILES string of the molecule is C=CCn1c(-c2sc(NC(=O)c3ccccc3OCCOC)nc2C)n[nH]c1=S. The number of nitrogens with zero attached hydrogens (tertiary/aromatic N) is 3. The van der Waals surface area contributed by atoms with Gasteiger partial charge in [0, 0.05) is 13.7 Å². The summed E-state index contributed by atoms with van der Waals surface area (Å²) >= 11 is 6.60. The van der Waals surface area contributed by atoms with Gasteiger partial charge in [-0.05, 0) is 31.3 Å². The second-order valence-corrected chi connectivity index (χ2v) is 7.36. The number of hydrogen-bond donors (Lipinski definition) is 2. The Morgan fingerprint density at radius 2 is 2.21 bits per heavy atom. The van der Waals surface area contributed by atoms with Crippen LogP contribution in [0.4, 0.5) is 5.13 Å². The van der Waals surface area contributed by atoms with Crippen LogP contribution in [0.1, 0.15) is 16.1 Å². The van der Waals surface area contributed by atoms with Crippen LogP contribution in [-0.4, -0.2) is 46.0 Å². The molecule has 0 saturated carbocycles. The second-order valence-electron chi connectivity index (χ2n) is 5.98. The van der Waals surface area contributed by atoms with Crippen molar-refractivity contribution in [2.24, 2.45) is 0 Å². The first-order chi connectivity index (χ1) is 14.0. The van der Waals surface area contributed by atoms with E-state index in [2.05, 4.69) is 27.1 Å². The number of aromatic nitrogens is 4. The molecule has 0 bridgehead atoms. The summed E-state index contributed by atoms with van der Waals surface area (Å²) in [5, 5.41) is 10.4. The molecule has 0 unspecified atom stereocenters. The molecule has 152 valence electrons. The van der Waals surface area contributed by atoms with Gasteiger partial charge in [0.15, 0.2) is 15.7 Å². The zero-order valence-electron chi connectivity index (χ0n) is 16.1. The van der Waals surface area contributed by atoms with Gasteiger partial charge in [0.1, 0.15) is 12.4 Å². The van der Waals surface area contributed by atoms with E-state index in [1.54, 1.807) is 31.4 Å². The van der Waals surface area contributed by atoms with Crippen LogP contribution in [0.15, 0.2) is 36.9 Å². The summed E-state index contributed by atoms with van der Waals surface area (Å²) in [6.07, 6.45) is 1.74. The Morgan fingerprint density at radius 3 is 2.97 bits per heavy atom. The van der Waals surface area contributed by atoms with E-state index < -0.39 is 0 Å². The number of ether oxygens (including phenoxy) is 2. The number of carbonyl (C=O) groups is 1. The summed E-state index contributed by atoms with van der Waals surface area (Å²) in [5.41, 5.74) is 1.17. The zero-order valence-corrected chi connectivity index (χ0v) is 17.7. The third kappa shape index (κ3) is 4.78. The molecule has 0 spiro atoms. The van der Waals surface area contributed by atoms with Crippen LogP contribution in [0.25, 0.3) is 10.7 Å². The van der Waals surface area contributed by atoms with Gasteiger partial charge in [0.2, 0.25) is 0 Å². The predicted molar refractivity (Wildman–Crippen MR) is 115 cm³/mol. The van der Waals surface area contributed by atoms with E-state index in [1.165, 1.54) is 11.3 Å². The summed E-state index contributed by atoms with van der Waals surface area (Å²) in [7, 11) is 1.59. The maximum atomic E-state index is 12.8. The van der Waals surface area contributed by atoms with Crippen molar-refractivity contribution in [1.29, 1.82) is 0 Å². The first kappa shape index (κ1) is 20.9. The fourth-order valence-electron chi connectivity index (χ4n) is 2.63. The Hall–Kier alpha value is -2.82. The maximum Gasteiger partial charge on any atom is 0.261 e. The van der Waals surface area contributed by atoms with E-state index in [1.807, 2.05) is 17.6 Å². The first-order valence-electron chi connectivity index (χ1n) is 8.81. The molecular formula is C19H21N5O3S2. The number of aromatic amines is 1. The average Bonchev–Trinajstić information content (AvgIpc) is 3.25. The molecule has 1 amide bonds. The van der Waals surface area contributed by atoms with Crippen molar-refractivity contribution in [3.05, 3.63) is 52.9 Å². The van der Waals surface area contributed by atoms with Crippen molar-refractivity contribution in [3.63, 3.8) is 0 Å². The average molecular weight is 432 g/mol. The summed E-state index contributed by atoms with van der Waals surface area (Å²) in [6.45, 7) is 6.92. The van der Waals surface area contributed by atoms with Crippen LogP contribution in [0.2, 0.25) is 0 Å². The molecule has 2 N–H and O–H groups in total. The van der Waals surface area contributed by atoms with Gasteiger partial charge in [0.25, 0.3) is 5.91 Å². The number of anilines is 1. The molecule has 0 radical (unpaired) electrons. The lowest BCUT2D eigenvalue weighted by atomic mass is 10.2. The van der Waals surface area contributed by atoms with Crippen molar-refractivity contribution < 1.29 is 14.3 Å². The van der Waals surface area contributed by atoms with E-state index in [-0.39, 0.29) is 5.91 Å². The Kier molecular flexibility index (Phi) is 6.91. The first-order valence-corrected chi connectivity index (χ1v) is 10.0. The highest BCUT2D eigenvalue weighted by Crippen LogP contribution is 2.32. The Morgan fingerprint density at radius 1 is 1.41 bits per heavy atom. The third-order valence-electron chi connectivity index (χ3n) is 3.97. The fourth-order valence-corrected chi connectivity index (χ4v) is 3.79. The Bertz CT molecular complexity index is 1070. The number of rotatable bonds is 9. The van der Waals surface area contributed by atoms with Crippen molar-refractivity contribution >= 4 is 34.6 Å². The Balaban J connectivity index is 1.82. The lowest BCUT2D eigenvalue weighted by Gasteiger charge is -2.10. The minimum atomic E-state index is -0.303. The molecule has 8 nitrogen and oxygen atoms in total. The molecule has 0 aliphatic heterocycles. The quantitative estimate of drug-likeness (QED) is 0.304. The lowest BCUT2D eigenvalue weighted by molar-refractivity contribution is 0.101. The van der Waals surface area contributed by atoms with Gasteiger partial charge in [-0.15, -0.1) is 6.58 Å². The number of aryl methyl sites for hydroxylation is 1. The highest BCUT2D eigenvalue weighted by Gasteiger charge is 2.19. The van der Waals surface area contributed by atoms with Crippen LogP contribution in [0, 0.1) is 11.7 Å². The van der Waals surface area contributed by atoms with Gasteiger partial charge in [-0.25, -0.2) is 4.98 Å². The van der Waals surface area contributed by atoms with Crippen molar-refractivity contribution in [2.45, 2.75) is 13.5 Å². The molecule has 0 atom stereocenters. The molecule has 2 aromatic heterocycles. The number of nitrogens with one attached hydrogen (secondary N) is 2.